The number of amides is 2. The van der Waals surface area contributed by atoms with Crippen molar-refractivity contribution in [2.24, 2.45) is 11.8 Å². The second-order valence-electron chi connectivity index (χ2n) is 5.72. The standard InChI is InChI=1S/C14H18F3N3O3S/c1-7-11(24-8(2)19-7)3-4-18-13(23)20-5-9(12(21)22)10(6-20)14(15,16)17/h9-10H,3-6H2,1-2H3,(H,18,23)(H,21,22)/t9-,10-/m1/s1. The molecule has 1 aromatic heterocycles. The van der Waals surface area contributed by atoms with Gasteiger partial charge >= 0.3 is 18.2 Å². The molecule has 1 saturated heterocycles. The first-order valence-electron chi connectivity index (χ1n) is 7.34. The van der Waals surface area contributed by atoms with Crippen molar-refractivity contribution in [2.45, 2.75) is 26.4 Å². The van der Waals surface area contributed by atoms with Gasteiger partial charge in [-0.05, 0) is 13.8 Å². The third-order valence-electron chi connectivity index (χ3n) is 3.97. The number of carboxylic acids is 1. The number of hydrogen-bond acceptors (Lipinski definition) is 4. The highest BCUT2D eigenvalue weighted by Gasteiger charge is 2.53. The number of carboxylic acid groups (broad SMARTS) is 1. The molecule has 6 nitrogen and oxygen atoms in total. The Morgan fingerprint density at radius 1 is 1.38 bits per heavy atom. The molecule has 1 aliphatic rings. The van der Waals surface area contributed by atoms with Crippen LogP contribution in [0, 0.1) is 25.7 Å². The van der Waals surface area contributed by atoms with Gasteiger partial charge < -0.3 is 15.3 Å². The fourth-order valence-corrected chi connectivity index (χ4v) is 3.69. The van der Waals surface area contributed by atoms with E-state index in [1.807, 2.05) is 13.8 Å². The predicted octanol–water partition coefficient (Wildman–Crippen LogP) is 2.21. The van der Waals surface area contributed by atoms with Crippen molar-refractivity contribution < 1.29 is 27.9 Å². The Morgan fingerprint density at radius 2 is 2.04 bits per heavy atom. The molecule has 24 heavy (non-hydrogen) atoms. The van der Waals surface area contributed by atoms with Crippen LogP contribution in [-0.2, 0) is 11.2 Å². The van der Waals surface area contributed by atoms with Crippen molar-refractivity contribution in [3.05, 3.63) is 15.6 Å². The van der Waals surface area contributed by atoms with Crippen LogP contribution < -0.4 is 5.32 Å². The van der Waals surface area contributed by atoms with Gasteiger partial charge in [-0.1, -0.05) is 0 Å². The zero-order chi connectivity index (χ0) is 18.1. The molecule has 10 heteroatoms. The maximum atomic E-state index is 12.9. The van der Waals surface area contributed by atoms with E-state index in [2.05, 4.69) is 10.3 Å². The van der Waals surface area contributed by atoms with Crippen LogP contribution in [0.25, 0.3) is 0 Å². The molecule has 0 aliphatic carbocycles. The molecule has 1 fully saturated rings. The summed E-state index contributed by atoms with van der Waals surface area (Å²) in [6, 6.07) is -0.674. The molecule has 2 amide bonds. The molecule has 134 valence electrons. The Bertz CT molecular complexity index is 633. The van der Waals surface area contributed by atoms with Gasteiger partial charge in [0.25, 0.3) is 0 Å². The lowest BCUT2D eigenvalue weighted by Gasteiger charge is -2.18. The van der Waals surface area contributed by atoms with Crippen LogP contribution in [-0.4, -0.2) is 52.8 Å². The van der Waals surface area contributed by atoms with Crippen molar-refractivity contribution >= 4 is 23.3 Å². The summed E-state index contributed by atoms with van der Waals surface area (Å²) in [4.78, 5) is 29.2. The van der Waals surface area contributed by atoms with Crippen molar-refractivity contribution in [1.82, 2.24) is 15.2 Å². The van der Waals surface area contributed by atoms with Crippen molar-refractivity contribution in [1.29, 1.82) is 0 Å². The summed E-state index contributed by atoms with van der Waals surface area (Å²) in [5.41, 5.74) is 0.871. The number of urea groups is 1. The Balaban J connectivity index is 1.91. The molecular weight excluding hydrogens is 347 g/mol. The average molecular weight is 365 g/mol. The van der Waals surface area contributed by atoms with Crippen LogP contribution in [0.4, 0.5) is 18.0 Å². The molecule has 0 spiro atoms. The summed E-state index contributed by atoms with van der Waals surface area (Å²) in [6.45, 7) is 2.90. The molecule has 0 unspecified atom stereocenters. The summed E-state index contributed by atoms with van der Waals surface area (Å²) in [7, 11) is 0. The predicted molar refractivity (Wildman–Crippen MR) is 80.9 cm³/mol. The number of carbonyl (C=O) groups is 2. The zero-order valence-electron chi connectivity index (χ0n) is 13.2. The van der Waals surface area contributed by atoms with E-state index in [4.69, 9.17) is 5.11 Å². The smallest absolute Gasteiger partial charge is 0.394 e. The molecule has 2 atom stereocenters. The second kappa shape index (κ2) is 6.96. The number of thiazole rings is 1. The fraction of sp³-hybridized carbons (Fsp3) is 0.643. The SMILES string of the molecule is Cc1nc(C)c(CCNC(=O)N2C[C@@H](C(F)(F)F)[C@H](C(=O)O)C2)s1. The van der Waals surface area contributed by atoms with E-state index in [9.17, 15) is 22.8 Å². The third-order valence-corrected chi connectivity index (χ3v) is 5.11. The van der Waals surface area contributed by atoms with E-state index >= 15 is 0 Å². The molecule has 2 heterocycles. The lowest BCUT2D eigenvalue weighted by atomic mass is 9.96. The van der Waals surface area contributed by atoms with Crippen LogP contribution in [0.1, 0.15) is 15.6 Å². The van der Waals surface area contributed by atoms with Gasteiger partial charge in [0, 0.05) is 30.9 Å². The van der Waals surface area contributed by atoms with E-state index < -0.39 is 43.1 Å². The van der Waals surface area contributed by atoms with Gasteiger partial charge in [0.1, 0.15) is 0 Å². The molecule has 0 saturated carbocycles. The first kappa shape index (κ1) is 18.5. The quantitative estimate of drug-likeness (QED) is 0.857. The first-order valence-corrected chi connectivity index (χ1v) is 8.16. The Kier molecular flexibility index (Phi) is 5.36. The minimum absolute atomic E-state index is 0.256. The average Bonchev–Trinajstić information content (AvgIpc) is 3.02. The number of alkyl halides is 3. The number of carbonyl (C=O) groups excluding carboxylic acids is 1. The molecule has 1 aromatic rings. The van der Waals surface area contributed by atoms with E-state index in [1.165, 1.54) is 11.3 Å². The van der Waals surface area contributed by atoms with Crippen molar-refractivity contribution in [3.63, 3.8) is 0 Å². The highest BCUT2D eigenvalue weighted by atomic mass is 32.1. The topological polar surface area (TPSA) is 82.5 Å². The number of aliphatic carboxylic acids is 1. The number of likely N-dealkylation sites (tertiary alicyclic amines) is 1. The minimum Gasteiger partial charge on any atom is -0.481 e. The van der Waals surface area contributed by atoms with E-state index in [0.29, 0.717) is 6.42 Å². The van der Waals surface area contributed by atoms with E-state index in [1.54, 1.807) is 0 Å². The largest absolute Gasteiger partial charge is 0.481 e. The molecule has 2 rings (SSSR count). The number of rotatable bonds is 4. The minimum atomic E-state index is -4.64. The van der Waals surface area contributed by atoms with Gasteiger partial charge in [0.2, 0.25) is 0 Å². The lowest BCUT2D eigenvalue weighted by molar-refractivity contribution is -0.187. The van der Waals surface area contributed by atoms with Gasteiger partial charge in [-0.2, -0.15) is 13.2 Å². The van der Waals surface area contributed by atoms with E-state index in [-0.39, 0.29) is 6.54 Å². The Morgan fingerprint density at radius 3 is 2.50 bits per heavy atom. The molecule has 2 N–H and O–H groups in total. The molecule has 0 radical (unpaired) electrons. The van der Waals surface area contributed by atoms with Crippen LogP contribution in [0.3, 0.4) is 0 Å². The number of halogens is 3. The lowest BCUT2D eigenvalue weighted by Crippen LogP contribution is -2.40. The Labute approximate surface area is 140 Å². The molecule has 0 aromatic carbocycles. The van der Waals surface area contributed by atoms with Crippen LogP contribution in [0.2, 0.25) is 0 Å². The second-order valence-corrected chi connectivity index (χ2v) is 7.01. The fourth-order valence-electron chi connectivity index (χ4n) is 2.75. The molecule has 1 aliphatic heterocycles. The number of aryl methyl sites for hydroxylation is 2. The third kappa shape index (κ3) is 4.16. The van der Waals surface area contributed by atoms with Gasteiger partial charge in [0.05, 0.1) is 22.5 Å². The maximum absolute atomic E-state index is 12.9. The monoisotopic (exact) mass is 365 g/mol. The molecular formula is C14H18F3N3O3S. The number of nitrogens with one attached hydrogen (secondary N) is 1. The van der Waals surface area contributed by atoms with Gasteiger partial charge in [0.15, 0.2) is 0 Å². The van der Waals surface area contributed by atoms with Crippen molar-refractivity contribution in [2.75, 3.05) is 19.6 Å². The normalized spacial score (nSPS) is 21.1. The number of nitrogens with zero attached hydrogens (tertiary/aromatic N) is 2. The number of hydrogen-bond donors (Lipinski definition) is 2. The van der Waals surface area contributed by atoms with Crippen LogP contribution >= 0.6 is 11.3 Å². The first-order chi connectivity index (χ1) is 11.1. The summed E-state index contributed by atoms with van der Waals surface area (Å²) in [5.74, 6) is -5.20. The zero-order valence-corrected chi connectivity index (χ0v) is 14.0. The summed E-state index contributed by atoms with van der Waals surface area (Å²) in [6.07, 6.45) is -4.11. The van der Waals surface area contributed by atoms with E-state index in [0.717, 1.165) is 20.5 Å². The molecule has 0 bridgehead atoms. The summed E-state index contributed by atoms with van der Waals surface area (Å²) >= 11 is 1.50. The van der Waals surface area contributed by atoms with Gasteiger partial charge in [-0.25, -0.2) is 9.78 Å². The number of aromatic nitrogens is 1. The Hall–Kier alpha value is -1.84. The van der Waals surface area contributed by atoms with Gasteiger partial charge in [-0.15, -0.1) is 11.3 Å². The highest BCUT2D eigenvalue weighted by Crippen LogP contribution is 2.37. The van der Waals surface area contributed by atoms with Crippen LogP contribution in [0.5, 0.6) is 0 Å². The highest BCUT2D eigenvalue weighted by molar-refractivity contribution is 7.11. The van der Waals surface area contributed by atoms with Crippen LogP contribution in [0.15, 0.2) is 0 Å². The summed E-state index contributed by atoms with van der Waals surface area (Å²) in [5, 5.41) is 12.4. The van der Waals surface area contributed by atoms with Crippen molar-refractivity contribution in [3.8, 4) is 0 Å². The summed E-state index contributed by atoms with van der Waals surface area (Å²) < 4.78 is 38.7. The van der Waals surface area contributed by atoms with Gasteiger partial charge in [-0.3, -0.25) is 4.79 Å². The maximum Gasteiger partial charge on any atom is 0.394 e.